The van der Waals surface area contributed by atoms with Crippen molar-refractivity contribution in [3.8, 4) is 0 Å². The standard InChI is InChI=1S/C12H22N4O/c1-8(2)11-15-9(13)5-10(16-11)14-6-12(3,4)7-17/h5,8,17H,6-7H2,1-4H3,(H3,13,14,15,16). The summed E-state index contributed by atoms with van der Waals surface area (Å²) < 4.78 is 0. The van der Waals surface area contributed by atoms with Crippen molar-refractivity contribution < 1.29 is 5.11 Å². The van der Waals surface area contributed by atoms with Crippen LogP contribution < -0.4 is 11.1 Å². The fourth-order valence-electron chi connectivity index (χ4n) is 1.22. The Bertz CT molecular complexity index is 377. The van der Waals surface area contributed by atoms with Crippen LogP contribution in [-0.2, 0) is 0 Å². The van der Waals surface area contributed by atoms with Gasteiger partial charge in [-0.3, -0.25) is 0 Å². The van der Waals surface area contributed by atoms with E-state index in [1.165, 1.54) is 0 Å². The number of aromatic nitrogens is 2. The predicted octanol–water partition coefficient (Wildman–Crippen LogP) is 1.61. The minimum atomic E-state index is -0.183. The Morgan fingerprint density at radius 2 is 2.06 bits per heavy atom. The van der Waals surface area contributed by atoms with Crippen LogP contribution in [0.3, 0.4) is 0 Å². The molecule has 0 aliphatic heterocycles. The van der Waals surface area contributed by atoms with Gasteiger partial charge in [0.15, 0.2) is 0 Å². The molecule has 1 rings (SSSR count). The van der Waals surface area contributed by atoms with E-state index in [0.717, 1.165) is 5.82 Å². The number of aliphatic hydroxyl groups excluding tert-OH is 1. The minimum absolute atomic E-state index is 0.123. The molecule has 17 heavy (non-hydrogen) atoms. The van der Waals surface area contributed by atoms with Crippen molar-refractivity contribution in [3.63, 3.8) is 0 Å². The lowest BCUT2D eigenvalue weighted by Crippen LogP contribution is -2.27. The molecule has 0 radical (unpaired) electrons. The zero-order chi connectivity index (χ0) is 13.1. The molecule has 0 unspecified atom stereocenters. The van der Waals surface area contributed by atoms with Crippen molar-refractivity contribution in [3.05, 3.63) is 11.9 Å². The van der Waals surface area contributed by atoms with Gasteiger partial charge in [0.1, 0.15) is 17.5 Å². The summed E-state index contributed by atoms with van der Waals surface area (Å²) >= 11 is 0. The van der Waals surface area contributed by atoms with Crippen LogP contribution in [0, 0.1) is 5.41 Å². The number of hydrogen-bond donors (Lipinski definition) is 3. The van der Waals surface area contributed by atoms with Gasteiger partial charge >= 0.3 is 0 Å². The highest BCUT2D eigenvalue weighted by Gasteiger charge is 2.16. The maximum Gasteiger partial charge on any atom is 0.135 e. The quantitative estimate of drug-likeness (QED) is 0.726. The van der Waals surface area contributed by atoms with Crippen LogP contribution in [0.5, 0.6) is 0 Å². The fraction of sp³-hybridized carbons (Fsp3) is 0.667. The van der Waals surface area contributed by atoms with Gasteiger partial charge in [-0.2, -0.15) is 0 Å². The Kier molecular flexibility index (Phi) is 4.28. The Morgan fingerprint density at radius 1 is 1.41 bits per heavy atom. The predicted molar refractivity (Wildman–Crippen MR) is 69.9 cm³/mol. The first-order valence-corrected chi connectivity index (χ1v) is 5.83. The molecule has 0 atom stereocenters. The van der Waals surface area contributed by atoms with Crippen molar-refractivity contribution in [2.24, 2.45) is 5.41 Å². The molecular weight excluding hydrogens is 216 g/mol. The van der Waals surface area contributed by atoms with Crippen LogP contribution >= 0.6 is 0 Å². The molecule has 0 spiro atoms. The van der Waals surface area contributed by atoms with E-state index >= 15 is 0 Å². The Labute approximate surface area is 102 Å². The topological polar surface area (TPSA) is 84.1 Å². The van der Waals surface area contributed by atoms with Gasteiger partial charge in [-0.1, -0.05) is 27.7 Å². The molecule has 0 fully saturated rings. The molecule has 0 aliphatic carbocycles. The van der Waals surface area contributed by atoms with Crippen LogP contribution in [0.1, 0.15) is 39.4 Å². The zero-order valence-corrected chi connectivity index (χ0v) is 11.0. The molecule has 96 valence electrons. The summed E-state index contributed by atoms with van der Waals surface area (Å²) in [5.41, 5.74) is 5.55. The molecule has 0 saturated carbocycles. The second-order valence-electron chi connectivity index (χ2n) is 5.37. The van der Waals surface area contributed by atoms with Crippen molar-refractivity contribution in [1.82, 2.24) is 9.97 Å². The van der Waals surface area contributed by atoms with E-state index < -0.39 is 0 Å². The van der Waals surface area contributed by atoms with Crippen molar-refractivity contribution in [2.75, 3.05) is 24.2 Å². The molecule has 5 nitrogen and oxygen atoms in total. The first-order chi connectivity index (χ1) is 7.84. The van der Waals surface area contributed by atoms with Crippen LogP contribution in [0.25, 0.3) is 0 Å². The van der Waals surface area contributed by atoms with E-state index in [4.69, 9.17) is 5.73 Å². The smallest absolute Gasteiger partial charge is 0.135 e. The Hall–Kier alpha value is -1.36. The molecule has 4 N–H and O–H groups in total. The van der Waals surface area contributed by atoms with Crippen molar-refractivity contribution >= 4 is 11.6 Å². The third-order valence-electron chi connectivity index (χ3n) is 2.46. The molecule has 0 aliphatic rings. The fourth-order valence-corrected chi connectivity index (χ4v) is 1.22. The third-order valence-corrected chi connectivity index (χ3v) is 2.46. The highest BCUT2D eigenvalue weighted by atomic mass is 16.3. The van der Waals surface area contributed by atoms with Gasteiger partial charge in [0.25, 0.3) is 0 Å². The maximum absolute atomic E-state index is 9.17. The van der Waals surface area contributed by atoms with Gasteiger partial charge in [-0.05, 0) is 0 Å². The number of nitrogens with zero attached hydrogens (tertiary/aromatic N) is 2. The number of rotatable bonds is 5. The van der Waals surface area contributed by atoms with Gasteiger partial charge in [-0.15, -0.1) is 0 Å². The van der Waals surface area contributed by atoms with E-state index in [-0.39, 0.29) is 17.9 Å². The number of hydrogen-bond acceptors (Lipinski definition) is 5. The lowest BCUT2D eigenvalue weighted by molar-refractivity contribution is 0.170. The normalized spacial score (nSPS) is 11.9. The van der Waals surface area contributed by atoms with Crippen LogP contribution in [0.4, 0.5) is 11.6 Å². The number of aliphatic hydroxyl groups is 1. The van der Waals surface area contributed by atoms with E-state index in [1.54, 1.807) is 6.07 Å². The van der Waals surface area contributed by atoms with Gasteiger partial charge in [0.2, 0.25) is 0 Å². The SMILES string of the molecule is CC(C)c1nc(N)cc(NCC(C)(C)CO)n1. The first kappa shape index (κ1) is 13.7. The average molecular weight is 238 g/mol. The summed E-state index contributed by atoms with van der Waals surface area (Å²) in [7, 11) is 0. The molecule has 5 heteroatoms. The van der Waals surface area contributed by atoms with E-state index in [0.29, 0.717) is 18.2 Å². The molecular formula is C12H22N4O. The summed E-state index contributed by atoms with van der Waals surface area (Å²) in [5.74, 6) is 2.15. The summed E-state index contributed by atoms with van der Waals surface area (Å²) in [6.45, 7) is 8.77. The molecule has 1 aromatic heterocycles. The van der Waals surface area contributed by atoms with Gasteiger partial charge in [0, 0.05) is 30.6 Å². The van der Waals surface area contributed by atoms with E-state index in [9.17, 15) is 5.11 Å². The van der Waals surface area contributed by atoms with Gasteiger partial charge in [-0.25, -0.2) is 9.97 Å². The van der Waals surface area contributed by atoms with Gasteiger partial charge in [0.05, 0.1) is 0 Å². The van der Waals surface area contributed by atoms with Crippen LogP contribution in [0.2, 0.25) is 0 Å². The number of nitrogens with one attached hydrogen (secondary N) is 1. The molecule has 0 saturated heterocycles. The zero-order valence-electron chi connectivity index (χ0n) is 11.0. The highest BCUT2D eigenvalue weighted by Crippen LogP contribution is 2.18. The summed E-state index contributed by atoms with van der Waals surface area (Å²) in [6.07, 6.45) is 0. The molecule has 0 amide bonds. The van der Waals surface area contributed by atoms with E-state index in [1.807, 2.05) is 27.7 Å². The molecule has 0 aromatic carbocycles. The number of anilines is 2. The second-order valence-corrected chi connectivity index (χ2v) is 5.37. The lowest BCUT2D eigenvalue weighted by Gasteiger charge is -2.22. The molecule has 1 heterocycles. The average Bonchev–Trinajstić information content (AvgIpc) is 2.26. The highest BCUT2D eigenvalue weighted by molar-refractivity contribution is 5.45. The minimum Gasteiger partial charge on any atom is -0.396 e. The third kappa shape index (κ3) is 4.19. The summed E-state index contributed by atoms with van der Waals surface area (Å²) in [4.78, 5) is 8.56. The number of nitrogen functional groups attached to an aromatic ring is 1. The first-order valence-electron chi connectivity index (χ1n) is 5.83. The largest absolute Gasteiger partial charge is 0.396 e. The molecule has 1 aromatic rings. The van der Waals surface area contributed by atoms with Crippen molar-refractivity contribution in [2.45, 2.75) is 33.6 Å². The van der Waals surface area contributed by atoms with Gasteiger partial charge < -0.3 is 16.2 Å². The Morgan fingerprint density at radius 3 is 2.59 bits per heavy atom. The van der Waals surface area contributed by atoms with Crippen molar-refractivity contribution in [1.29, 1.82) is 0 Å². The summed E-state index contributed by atoms with van der Waals surface area (Å²) in [6, 6.07) is 1.71. The lowest BCUT2D eigenvalue weighted by atomic mass is 9.95. The van der Waals surface area contributed by atoms with E-state index in [2.05, 4.69) is 15.3 Å². The number of nitrogens with two attached hydrogens (primary N) is 1. The summed E-state index contributed by atoms with van der Waals surface area (Å²) in [5, 5.41) is 12.4. The second kappa shape index (κ2) is 5.31. The molecule has 0 bridgehead atoms. The Balaban J connectivity index is 2.78. The monoisotopic (exact) mass is 238 g/mol. The van der Waals surface area contributed by atoms with Crippen LogP contribution in [-0.4, -0.2) is 28.2 Å². The van der Waals surface area contributed by atoms with Crippen LogP contribution in [0.15, 0.2) is 6.07 Å². The maximum atomic E-state index is 9.17.